The van der Waals surface area contributed by atoms with E-state index < -0.39 is 6.10 Å². The number of nitrogens with one attached hydrogen (secondary N) is 1. The van der Waals surface area contributed by atoms with Gasteiger partial charge >= 0.3 is 0 Å². The molecule has 0 bridgehead atoms. The van der Waals surface area contributed by atoms with Crippen LogP contribution in [0.5, 0.6) is 0 Å². The molecule has 1 aromatic carbocycles. The summed E-state index contributed by atoms with van der Waals surface area (Å²) in [6.07, 6.45) is 4.65. The van der Waals surface area contributed by atoms with Crippen molar-refractivity contribution in [1.82, 2.24) is 20.4 Å². The predicted molar refractivity (Wildman–Crippen MR) is 116 cm³/mol. The predicted octanol–water partition coefficient (Wildman–Crippen LogP) is 3.87. The van der Waals surface area contributed by atoms with Crippen molar-refractivity contribution in [2.45, 2.75) is 51.6 Å². The maximum Gasteiger partial charge on any atom is 0.253 e. The van der Waals surface area contributed by atoms with Crippen LogP contribution in [0.2, 0.25) is 0 Å². The van der Waals surface area contributed by atoms with Crippen LogP contribution in [0.15, 0.2) is 47.1 Å². The van der Waals surface area contributed by atoms with Crippen LogP contribution in [-0.2, 0) is 4.79 Å². The summed E-state index contributed by atoms with van der Waals surface area (Å²) in [5, 5.41) is 17.2. The number of aliphatic hydroxyl groups excluding tert-OH is 1. The number of carbonyl (C=O) groups is 1. The molecule has 1 fully saturated rings. The molecular formula is C24H28N4O3. The van der Waals surface area contributed by atoms with Crippen molar-refractivity contribution >= 4 is 5.91 Å². The van der Waals surface area contributed by atoms with Crippen molar-refractivity contribution in [2.75, 3.05) is 6.54 Å². The zero-order valence-corrected chi connectivity index (χ0v) is 17.9. The van der Waals surface area contributed by atoms with Crippen molar-refractivity contribution in [3.63, 3.8) is 0 Å². The van der Waals surface area contributed by atoms with Gasteiger partial charge in [-0.25, -0.2) is 9.97 Å². The molecule has 3 aromatic rings. The standard InChI is InChI=1S/C24H28N4O3/c1-15-12-21(31-28-15)20-14-25-16(2)27-22(20)18-10-8-17(9-11-18)13-26-24(30)23(29)19-6-4-3-5-7-19/h3-7,12,14,17-18,23,29H,8-11,13H2,1-2H3,(H,26,30)/t17?,18?,23-/m0/s1. The third-order valence-electron chi connectivity index (χ3n) is 5.99. The van der Waals surface area contributed by atoms with Gasteiger partial charge in [0.25, 0.3) is 5.91 Å². The van der Waals surface area contributed by atoms with Gasteiger partial charge in [-0.2, -0.15) is 0 Å². The van der Waals surface area contributed by atoms with E-state index >= 15 is 0 Å². The van der Waals surface area contributed by atoms with E-state index in [-0.39, 0.29) is 5.91 Å². The van der Waals surface area contributed by atoms with Crippen molar-refractivity contribution in [1.29, 1.82) is 0 Å². The Hall–Kier alpha value is -3.06. The lowest BCUT2D eigenvalue weighted by Crippen LogP contribution is -2.34. The number of hydrogen-bond acceptors (Lipinski definition) is 6. The van der Waals surface area contributed by atoms with Crippen LogP contribution in [0.1, 0.15) is 60.5 Å². The van der Waals surface area contributed by atoms with Crippen LogP contribution in [-0.4, -0.2) is 32.7 Å². The summed E-state index contributed by atoms with van der Waals surface area (Å²) in [4.78, 5) is 21.4. The Bertz CT molecular complexity index is 1030. The lowest BCUT2D eigenvalue weighted by Gasteiger charge is -2.29. The lowest BCUT2D eigenvalue weighted by molar-refractivity contribution is -0.129. The van der Waals surface area contributed by atoms with Crippen molar-refractivity contribution in [3.05, 3.63) is 65.4 Å². The second-order valence-electron chi connectivity index (χ2n) is 8.32. The first-order valence-corrected chi connectivity index (χ1v) is 10.8. The summed E-state index contributed by atoms with van der Waals surface area (Å²) in [6, 6.07) is 10.9. The first kappa shape index (κ1) is 21.2. The highest BCUT2D eigenvalue weighted by atomic mass is 16.5. The number of aliphatic hydroxyl groups is 1. The van der Waals surface area contributed by atoms with Crippen molar-refractivity contribution < 1.29 is 14.4 Å². The number of amides is 1. The number of aromatic nitrogens is 3. The Morgan fingerprint density at radius 2 is 1.94 bits per heavy atom. The SMILES string of the molecule is Cc1cc(-c2cnc(C)nc2C2CCC(CNC(=O)[C@@H](O)c3ccccc3)CC2)on1. The molecule has 0 aliphatic heterocycles. The molecule has 1 aliphatic carbocycles. The Morgan fingerprint density at radius 3 is 2.61 bits per heavy atom. The summed E-state index contributed by atoms with van der Waals surface area (Å²) in [5.74, 6) is 1.82. The second kappa shape index (κ2) is 9.39. The summed E-state index contributed by atoms with van der Waals surface area (Å²) in [5.41, 5.74) is 3.37. The quantitative estimate of drug-likeness (QED) is 0.628. The molecule has 4 rings (SSSR count). The lowest BCUT2D eigenvalue weighted by atomic mass is 9.79. The van der Waals surface area contributed by atoms with Crippen LogP contribution < -0.4 is 5.32 Å². The average Bonchev–Trinajstić information content (AvgIpc) is 3.24. The largest absolute Gasteiger partial charge is 0.378 e. The number of hydrogen-bond donors (Lipinski definition) is 2. The van der Waals surface area contributed by atoms with E-state index in [0.717, 1.165) is 48.5 Å². The van der Waals surface area contributed by atoms with Gasteiger partial charge in [0.2, 0.25) is 0 Å². The molecule has 7 nitrogen and oxygen atoms in total. The van der Waals surface area contributed by atoms with E-state index in [1.165, 1.54) is 0 Å². The molecule has 7 heteroatoms. The van der Waals surface area contributed by atoms with Gasteiger partial charge in [0.05, 0.1) is 17.0 Å². The van der Waals surface area contributed by atoms with Crippen LogP contribution in [0.25, 0.3) is 11.3 Å². The Kier molecular flexibility index (Phi) is 6.42. The summed E-state index contributed by atoms with van der Waals surface area (Å²) in [7, 11) is 0. The molecular weight excluding hydrogens is 392 g/mol. The van der Waals surface area contributed by atoms with Gasteiger partial charge in [0.15, 0.2) is 11.9 Å². The monoisotopic (exact) mass is 420 g/mol. The zero-order chi connectivity index (χ0) is 21.8. The summed E-state index contributed by atoms with van der Waals surface area (Å²) in [6.45, 7) is 4.38. The molecule has 1 saturated carbocycles. The highest BCUT2D eigenvalue weighted by Crippen LogP contribution is 2.38. The van der Waals surface area contributed by atoms with Gasteiger partial charge < -0.3 is 14.9 Å². The number of carbonyl (C=O) groups excluding carboxylic acids is 1. The number of benzene rings is 1. The molecule has 2 aromatic heterocycles. The zero-order valence-electron chi connectivity index (χ0n) is 17.9. The molecule has 162 valence electrons. The van der Waals surface area contributed by atoms with E-state index in [9.17, 15) is 9.90 Å². The topological polar surface area (TPSA) is 101 Å². The maximum atomic E-state index is 12.3. The van der Waals surface area contributed by atoms with Gasteiger partial charge in [0, 0.05) is 24.7 Å². The third kappa shape index (κ3) is 4.99. The van der Waals surface area contributed by atoms with Crippen LogP contribution in [0, 0.1) is 19.8 Å². The fourth-order valence-corrected chi connectivity index (χ4v) is 4.25. The van der Waals surface area contributed by atoms with Crippen LogP contribution in [0.4, 0.5) is 0 Å². The molecule has 0 spiro atoms. The van der Waals surface area contributed by atoms with Gasteiger partial charge in [-0.3, -0.25) is 4.79 Å². The van der Waals surface area contributed by atoms with Crippen LogP contribution in [0.3, 0.4) is 0 Å². The molecule has 2 N–H and O–H groups in total. The second-order valence-corrected chi connectivity index (χ2v) is 8.32. The molecule has 2 heterocycles. The number of nitrogens with zero attached hydrogens (tertiary/aromatic N) is 3. The highest BCUT2D eigenvalue weighted by Gasteiger charge is 2.27. The average molecular weight is 421 g/mol. The molecule has 1 aliphatic rings. The van der Waals surface area contributed by atoms with E-state index in [0.29, 0.717) is 29.7 Å². The Morgan fingerprint density at radius 1 is 1.19 bits per heavy atom. The fourth-order valence-electron chi connectivity index (χ4n) is 4.25. The molecule has 0 unspecified atom stereocenters. The molecule has 0 saturated heterocycles. The molecule has 0 radical (unpaired) electrons. The minimum atomic E-state index is -1.13. The van der Waals surface area contributed by atoms with E-state index in [2.05, 4.69) is 15.5 Å². The normalized spacial score (nSPS) is 19.7. The van der Waals surface area contributed by atoms with Crippen molar-refractivity contribution in [2.24, 2.45) is 5.92 Å². The first-order chi connectivity index (χ1) is 15.0. The Labute approximate surface area is 181 Å². The maximum absolute atomic E-state index is 12.3. The van der Waals surface area contributed by atoms with Gasteiger partial charge in [0.1, 0.15) is 5.82 Å². The first-order valence-electron chi connectivity index (χ1n) is 10.8. The summed E-state index contributed by atoms with van der Waals surface area (Å²) >= 11 is 0. The van der Waals surface area contributed by atoms with Crippen molar-refractivity contribution in [3.8, 4) is 11.3 Å². The minimum absolute atomic E-state index is 0.323. The van der Waals surface area contributed by atoms with E-state index in [1.807, 2.05) is 44.3 Å². The van der Waals surface area contributed by atoms with Gasteiger partial charge in [-0.05, 0) is 51.0 Å². The minimum Gasteiger partial charge on any atom is -0.378 e. The molecule has 1 amide bonds. The number of rotatable bonds is 6. The fraction of sp³-hybridized carbons (Fsp3) is 0.417. The molecule has 1 atom stereocenters. The van der Waals surface area contributed by atoms with E-state index in [4.69, 9.17) is 9.51 Å². The van der Waals surface area contributed by atoms with Crippen LogP contribution >= 0.6 is 0 Å². The molecule has 31 heavy (non-hydrogen) atoms. The Balaban J connectivity index is 1.35. The van der Waals surface area contributed by atoms with Gasteiger partial charge in [-0.15, -0.1) is 0 Å². The third-order valence-corrected chi connectivity index (χ3v) is 5.99. The number of aryl methyl sites for hydroxylation is 2. The highest BCUT2D eigenvalue weighted by molar-refractivity contribution is 5.81. The van der Waals surface area contributed by atoms with Gasteiger partial charge in [-0.1, -0.05) is 35.5 Å². The van der Waals surface area contributed by atoms with E-state index in [1.54, 1.807) is 12.1 Å². The summed E-state index contributed by atoms with van der Waals surface area (Å²) < 4.78 is 5.47. The smallest absolute Gasteiger partial charge is 0.253 e.